The maximum atomic E-state index is 10.8. The van der Waals surface area contributed by atoms with Gasteiger partial charge >= 0.3 is 0 Å². The highest BCUT2D eigenvalue weighted by Crippen LogP contribution is 2.29. The van der Waals surface area contributed by atoms with Crippen LogP contribution in [-0.2, 0) is 4.79 Å². The van der Waals surface area contributed by atoms with Crippen LogP contribution in [0.2, 0.25) is 0 Å². The summed E-state index contributed by atoms with van der Waals surface area (Å²) in [6.45, 7) is 3.41. The van der Waals surface area contributed by atoms with Crippen molar-refractivity contribution in [3.8, 4) is 0 Å². The molecule has 1 amide bonds. The van der Waals surface area contributed by atoms with E-state index in [0.717, 1.165) is 18.8 Å². The largest absolute Gasteiger partial charge is 0.350 e. The van der Waals surface area contributed by atoms with Crippen molar-refractivity contribution in [3.05, 3.63) is 12.7 Å². The van der Waals surface area contributed by atoms with Crippen molar-refractivity contribution in [1.29, 1.82) is 0 Å². The van der Waals surface area contributed by atoms with Crippen molar-refractivity contribution >= 4 is 17.7 Å². The van der Waals surface area contributed by atoms with Gasteiger partial charge in [-0.15, -0.1) is 0 Å². The highest BCUT2D eigenvalue weighted by Gasteiger charge is 2.28. The van der Waals surface area contributed by atoms with Gasteiger partial charge in [-0.05, 0) is 36.8 Å². The molecule has 0 aromatic rings. The van der Waals surface area contributed by atoms with Gasteiger partial charge < -0.3 is 5.32 Å². The van der Waals surface area contributed by atoms with Gasteiger partial charge in [-0.1, -0.05) is 6.58 Å². The molecule has 1 fully saturated rings. The van der Waals surface area contributed by atoms with Crippen molar-refractivity contribution in [2.45, 2.75) is 18.9 Å². The monoisotopic (exact) mass is 185 g/mol. The Kier molecular flexibility index (Phi) is 3.66. The van der Waals surface area contributed by atoms with Crippen molar-refractivity contribution in [2.24, 2.45) is 5.92 Å². The smallest absolute Gasteiger partial charge is 0.243 e. The summed E-state index contributed by atoms with van der Waals surface area (Å²) in [4.78, 5) is 10.8. The average molecular weight is 185 g/mol. The molecular weight excluding hydrogens is 170 g/mol. The molecule has 0 radical (unpaired) electrons. The molecule has 1 saturated carbocycles. The lowest BCUT2D eigenvalue weighted by Gasteiger charge is -2.35. The van der Waals surface area contributed by atoms with Crippen LogP contribution < -0.4 is 5.32 Å². The van der Waals surface area contributed by atoms with E-state index in [1.54, 1.807) is 0 Å². The molecule has 0 aliphatic heterocycles. The van der Waals surface area contributed by atoms with E-state index >= 15 is 0 Å². The van der Waals surface area contributed by atoms with E-state index in [0.29, 0.717) is 6.04 Å². The fourth-order valence-electron chi connectivity index (χ4n) is 1.49. The van der Waals surface area contributed by atoms with Crippen LogP contribution in [0, 0.1) is 5.92 Å². The fourth-order valence-corrected chi connectivity index (χ4v) is 2.23. The molecule has 0 saturated heterocycles. The third-order valence-electron chi connectivity index (χ3n) is 2.17. The molecule has 12 heavy (non-hydrogen) atoms. The van der Waals surface area contributed by atoms with Crippen molar-refractivity contribution in [2.75, 3.05) is 12.0 Å². The zero-order valence-corrected chi connectivity index (χ0v) is 8.19. The van der Waals surface area contributed by atoms with Gasteiger partial charge in [0.2, 0.25) is 5.91 Å². The van der Waals surface area contributed by atoms with Gasteiger partial charge in [0, 0.05) is 6.04 Å². The predicted molar refractivity (Wildman–Crippen MR) is 53.2 cm³/mol. The fraction of sp³-hybridized carbons (Fsp3) is 0.667. The molecule has 0 bridgehead atoms. The Bertz CT molecular complexity index is 175. The van der Waals surface area contributed by atoms with Crippen LogP contribution in [0.15, 0.2) is 12.7 Å². The first kappa shape index (κ1) is 9.65. The topological polar surface area (TPSA) is 29.1 Å². The van der Waals surface area contributed by atoms with Crippen LogP contribution in [0.3, 0.4) is 0 Å². The van der Waals surface area contributed by atoms with Crippen LogP contribution >= 0.6 is 11.8 Å². The van der Waals surface area contributed by atoms with E-state index < -0.39 is 0 Å². The first-order chi connectivity index (χ1) is 5.76. The number of rotatable bonds is 4. The number of carbonyl (C=O) groups excluding carboxylic acids is 1. The Balaban J connectivity index is 2.09. The van der Waals surface area contributed by atoms with Crippen LogP contribution in [0.5, 0.6) is 0 Å². The molecule has 1 aliphatic rings. The Hall–Kier alpha value is -0.440. The van der Waals surface area contributed by atoms with E-state index in [4.69, 9.17) is 0 Å². The summed E-state index contributed by atoms with van der Waals surface area (Å²) in [5, 5.41) is 2.89. The minimum Gasteiger partial charge on any atom is -0.350 e. The number of amides is 1. The van der Waals surface area contributed by atoms with Gasteiger partial charge in [-0.3, -0.25) is 4.79 Å². The highest BCUT2D eigenvalue weighted by atomic mass is 32.2. The number of thioether (sulfide) groups is 1. The van der Waals surface area contributed by atoms with Crippen LogP contribution in [0.4, 0.5) is 0 Å². The van der Waals surface area contributed by atoms with Gasteiger partial charge in [0.1, 0.15) is 0 Å². The molecule has 2 nitrogen and oxygen atoms in total. The van der Waals surface area contributed by atoms with E-state index in [2.05, 4.69) is 18.2 Å². The van der Waals surface area contributed by atoms with Gasteiger partial charge in [-0.25, -0.2) is 0 Å². The molecule has 0 aromatic heterocycles. The van der Waals surface area contributed by atoms with Crippen molar-refractivity contribution in [3.63, 3.8) is 0 Å². The summed E-state index contributed by atoms with van der Waals surface area (Å²) in [6, 6.07) is 0.410. The molecule has 0 unspecified atom stereocenters. The Morgan fingerprint density at radius 3 is 2.92 bits per heavy atom. The van der Waals surface area contributed by atoms with Crippen molar-refractivity contribution < 1.29 is 4.79 Å². The summed E-state index contributed by atoms with van der Waals surface area (Å²) in [5.74, 6) is 2.00. The summed E-state index contributed by atoms with van der Waals surface area (Å²) < 4.78 is 0. The van der Waals surface area contributed by atoms with E-state index in [1.807, 2.05) is 11.8 Å². The van der Waals surface area contributed by atoms with Gasteiger partial charge in [0.15, 0.2) is 0 Å². The molecule has 1 aliphatic carbocycles. The van der Waals surface area contributed by atoms with Gasteiger partial charge in [-0.2, -0.15) is 11.8 Å². The normalized spacial score (nSPS) is 27.4. The molecular formula is C9H15NOS. The standard InChI is InChI=1S/C9H15NOS/c1-3-9(11)10-8-4-7(5-8)6-12-2/h3,7-8H,1,4-6H2,2H3,(H,10,11). The van der Waals surface area contributed by atoms with Gasteiger partial charge in [0.05, 0.1) is 0 Å². The number of hydrogen-bond donors (Lipinski definition) is 1. The molecule has 0 heterocycles. The second-order valence-corrected chi connectivity index (χ2v) is 4.11. The molecule has 3 heteroatoms. The van der Waals surface area contributed by atoms with Crippen molar-refractivity contribution in [1.82, 2.24) is 5.32 Å². The van der Waals surface area contributed by atoms with Crippen LogP contribution in [-0.4, -0.2) is 24.0 Å². The van der Waals surface area contributed by atoms with Gasteiger partial charge in [0.25, 0.3) is 0 Å². The molecule has 68 valence electrons. The Morgan fingerprint density at radius 2 is 2.42 bits per heavy atom. The molecule has 1 rings (SSSR count). The number of hydrogen-bond acceptors (Lipinski definition) is 2. The zero-order valence-electron chi connectivity index (χ0n) is 7.38. The first-order valence-electron chi connectivity index (χ1n) is 4.18. The maximum absolute atomic E-state index is 10.8. The van der Waals surface area contributed by atoms with Crippen LogP contribution in [0.25, 0.3) is 0 Å². The summed E-state index contributed by atoms with van der Waals surface area (Å²) in [7, 11) is 0. The highest BCUT2D eigenvalue weighted by molar-refractivity contribution is 7.98. The zero-order chi connectivity index (χ0) is 8.97. The summed E-state index contributed by atoms with van der Waals surface area (Å²) >= 11 is 1.88. The third kappa shape index (κ3) is 2.55. The summed E-state index contributed by atoms with van der Waals surface area (Å²) in [5.41, 5.74) is 0. The van der Waals surface area contributed by atoms with Crippen LogP contribution in [0.1, 0.15) is 12.8 Å². The quantitative estimate of drug-likeness (QED) is 0.671. The van der Waals surface area contributed by atoms with E-state index in [-0.39, 0.29) is 5.91 Å². The minimum absolute atomic E-state index is 0.0393. The number of carbonyl (C=O) groups is 1. The second-order valence-electron chi connectivity index (χ2n) is 3.20. The van der Waals surface area contributed by atoms with E-state index in [1.165, 1.54) is 11.8 Å². The Morgan fingerprint density at radius 1 is 1.75 bits per heavy atom. The number of nitrogens with one attached hydrogen (secondary N) is 1. The lowest BCUT2D eigenvalue weighted by Crippen LogP contribution is -2.44. The minimum atomic E-state index is -0.0393. The molecule has 0 spiro atoms. The maximum Gasteiger partial charge on any atom is 0.243 e. The first-order valence-corrected chi connectivity index (χ1v) is 5.57. The second kappa shape index (κ2) is 4.55. The Labute approximate surface area is 77.8 Å². The average Bonchev–Trinajstić information content (AvgIpc) is 2.00. The lowest BCUT2D eigenvalue weighted by atomic mass is 9.81. The third-order valence-corrected chi connectivity index (χ3v) is 2.97. The molecule has 0 aromatic carbocycles. The van der Waals surface area contributed by atoms with E-state index in [9.17, 15) is 4.79 Å². The predicted octanol–water partition coefficient (Wildman–Crippen LogP) is 1.43. The molecule has 1 N–H and O–H groups in total. The molecule has 0 atom stereocenters. The summed E-state index contributed by atoms with van der Waals surface area (Å²) in [6.07, 6.45) is 5.73. The SMILES string of the molecule is C=CC(=O)NC1CC(CSC)C1. The lowest BCUT2D eigenvalue weighted by molar-refractivity contribution is -0.117.